The van der Waals surface area contributed by atoms with Gasteiger partial charge in [0, 0.05) is 32.9 Å². The molecule has 4 aliphatic carbocycles. The molecular weight excluding hydrogens is 817 g/mol. The van der Waals surface area contributed by atoms with Crippen molar-refractivity contribution in [1.82, 2.24) is 9.80 Å². The van der Waals surface area contributed by atoms with Gasteiger partial charge in [-0.3, -0.25) is 0 Å². The molecule has 3 fully saturated rings. The quantitative estimate of drug-likeness (QED) is 0.0349. The second-order valence-corrected chi connectivity index (χ2v) is 23.3. The van der Waals surface area contributed by atoms with Crippen molar-refractivity contribution in [1.29, 1.82) is 0 Å². The second kappa shape index (κ2) is 32.0. The van der Waals surface area contributed by atoms with Gasteiger partial charge in [-0.15, -0.1) is 0 Å². The van der Waals surface area contributed by atoms with Gasteiger partial charge in [-0.25, -0.2) is 0 Å². The highest BCUT2D eigenvalue weighted by atomic mass is 16.7. The Labute approximate surface area is 409 Å². The molecule has 0 radical (unpaired) electrons. The Hall–Kier alpha value is -1.06. The van der Waals surface area contributed by atoms with Crippen LogP contribution in [0.1, 0.15) is 202 Å². The van der Waals surface area contributed by atoms with Crippen molar-refractivity contribution >= 4 is 0 Å². The summed E-state index contributed by atoms with van der Waals surface area (Å²) in [5, 5.41) is 0. The number of allylic oxidation sites excluding steroid dienone is 5. The van der Waals surface area contributed by atoms with Crippen molar-refractivity contribution in [2.45, 2.75) is 220 Å². The lowest BCUT2D eigenvalue weighted by Crippen LogP contribution is -2.51. The maximum Gasteiger partial charge on any atom is 0.147 e. The molecule has 0 aliphatic heterocycles. The Kier molecular flexibility index (Phi) is 27.9. The summed E-state index contributed by atoms with van der Waals surface area (Å²) < 4.78 is 31.2. The molecule has 4 rings (SSSR count). The third kappa shape index (κ3) is 19.6. The Bertz CT molecular complexity index is 1350. The Balaban J connectivity index is 1.06. The SMILES string of the molecule is CCCCCCCCCC/C=C/C/C=C/CCCOCOC(CN(C)C)C(CN(C)C)OCOCCCCO[C@H]1CC[C@@]2(C)C(=CCC3C2CC[C@@]2(C)C3CC[C@@H]2[C@H](C)CCCC(C)C)C1. The number of likely N-dealkylation sites (N-methyl/N-ethyl adjacent to an activating group) is 2. The van der Waals surface area contributed by atoms with Crippen molar-refractivity contribution in [3.8, 4) is 0 Å². The lowest BCUT2D eigenvalue weighted by Gasteiger charge is -2.58. The predicted octanol–water partition coefficient (Wildman–Crippen LogP) is 14.8. The summed E-state index contributed by atoms with van der Waals surface area (Å²) in [6.45, 7) is 19.3. The molecule has 0 aromatic carbocycles. The molecule has 0 saturated heterocycles. The van der Waals surface area contributed by atoms with Crippen molar-refractivity contribution in [2.75, 3.05) is 74.7 Å². The topological polar surface area (TPSA) is 52.6 Å². The maximum atomic E-state index is 6.58. The van der Waals surface area contributed by atoms with Crippen LogP contribution < -0.4 is 0 Å². The van der Waals surface area contributed by atoms with Crippen molar-refractivity contribution in [3.05, 3.63) is 36.0 Å². The molecule has 4 aliphatic rings. The molecule has 66 heavy (non-hydrogen) atoms. The number of hydrogen-bond acceptors (Lipinski definition) is 7. The van der Waals surface area contributed by atoms with E-state index in [0.29, 0.717) is 30.1 Å². The highest BCUT2D eigenvalue weighted by Gasteiger charge is 2.59. The van der Waals surface area contributed by atoms with Crippen molar-refractivity contribution < 1.29 is 23.7 Å². The minimum Gasteiger partial charge on any atom is -0.378 e. The zero-order valence-corrected chi connectivity index (χ0v) is 45.1. The Morgan fingerprint density at radius 2 is 1.27 bits per heavy atom. The molecular formula is C59H108N2O5. The van der Waals surface area contributed by atoms with Gasteiger partial charge in [-0.2, -0.15) is 0 Å². The first kappa shape index (κ1) is 57.5. The van der Waals surface area contributed by atoms with Crippen LogP contribution in [0.3, 0.4) is 0 Å². The van der Waals surface area contributed by atoms with Gasteiger partial charge < -0.3 is 33.5 Å². The average molecular weight is 926 g/mol. The fourth-order valence-corrected chi connectivity index (χ4v) is 13.2. The molecule has 0 aromatic rings. The lowest BCUT2D eigenvalue weighted by atomic mass is 9.47. The van der Waals surface area contributed by atoms with Gasteiger partial charge in [0.25, 0.3) is 0 Å². The number of hydrogen-bond donors (Lipinski definition) is 0. The van der Waals surface area contributed by atoms with E-state index in [2.05, 4.69) is 110 Å². The first-order valence-corrected chi connectivity index (χ1v) is 28.2. The highest BCUT2D eigenvalue weighted by molar-refractivity contribution is 5.25. The molecule has 10 atom stereocenters. The highest BCUT2D eigenvalue weighted by Crippen LogP contribution is 2.67. The van der Waals surface area contributed by atoms with Crippen LogP contribution >= 0.6 is 0 Å². The summed E-state index contributed by atoms with van der Waals surface area (Å²) in [4.78, 5) is 4.32. The van der Waals surface area contributed by atoms with Crippen molar-refractivity contribution in [3.63, 3.8) is 0 Å². The van der Waals surface area contributed by atoms with E-state index >= 15 is 0 Å². The monoisotopic (exact) mass is 925 g/mol. The van der Waals surface area contributed by atoms with Crippen LogP contribution in [-0.2, 0) is 23.7 Å². The summed E-state index contributed by atoms with van der Waals surface area (Å²) in [5.74, 6) is 5.34. The largest absolute Gasteiger partial charge is 0.378 e. The van der Waals surface area contributed by atoms with Gasteiger partial charge in [0.05, 0.1) is 6.10 Å². The van der Waals surface area contributed by atoms with Gasteiger partial charge in [-0.05, 0) is 171 Å². The number of nitrogens with zero attached hydrogens (tertiary/aromatic N) is 2. The smallest absolute Gasteiger partial charge is 0.147 e. The summed E-state index contributed by atoms with van der Waals surface area (Å²) in [6.07, 6.45) is 44.5. The van der Waals surface area contributed by atoms with Gasteiger partial charge in [-0.1, -0.05) is 142 Å². The van der Waals surface area contributed by atoms with Gasteiger partial charge in [0.1, 0.15) is 25.8 Å². The summed E-state index contributed by atoms with van der Waals surface area (Å²) in [5.41, 5.74) is 2.68. The van der Waals surface area contributed by atoms with E-state index in [-0.39, 0.29) is 25.8 Å². The summed E-state index contributed by atoms with van der Waals surface area (Å²) >= 11 is 0. The third-order valence-electron chi connectivity index (χ3n) is 17.0. The van der Waals surface area contributed by atoms with Crippen LogP contribution in [0.25, 0.3) is 0 Å². The van der Waals surface area contributed by atoms with Gasteiger partial charge >= 0.3 is 0 Å². The number of fused-ring (bicyclic) bond motifs is 5. The standard InChI is InChI=1S/C59H108N2O5/c1-11-12-13-14-15-16-17-18-19-20-21-22-23-24-25-26-40-62-46-65-56(44-60(7)8)57(45-61(9)10)66-47-63-41-27-28-42-64-51-36-38-58(5)50(43-51)32-33-52-54-35-34-53(49(4)31-29-30-48(2)3)59(54,6)39-37-55(52)58/h20-21,23-24,32,48-49,51-57H,11-19,22,25-31,33-47H2,1-10H3/b21-20+,24-23+/t49-,51+,52?,53-,54?,55?,56?,57?,58+,59-/m1/s1. The fraction of sp³-hybridized carbons (Fsp3) is 0.898. The normalized spacial score (nSPS) is 28.1. The zero-order valence-electron chi connectivity index (χ0n) is 45.1. The lowest BCUT2D eigenvalue weighted by molar-refractivity contribution is -0.174. The number of rotatable bonds is 37. The first-order chi connectivity index (χ1) is 31.9. The minimum absolute atomic E-state index is 0.120. The molecule has 384 valence electrons. The molecule has 0 amide bonds. The summed E-state index contributed by atoms with van der Waals surface area (Å²) in [7, 11) is 8.34. The molecule has 0 aromatic heterocycles. The minimum atomic E-state index is -0.122. The third-order valence-corrected chi connectivity index (χ3v) is 17.0. The molecule has 7 heteroatoms. The molecule has 5 unspecified atom stereocenters. The first-order valence-electron chi connectivity index (χ1n) is 28.2. The van der Waals surface area contributed by atoms with Crippen LogP contribution in [0.5, 0.6) is 0 Å². The van der Waals surface area contributed by atoms with E-state index in [1.807, 2.05) is 0 Å². The van der Waals surface area contributed by atoms with E-state index in [0.717, 1.165) is 93.7 Å². The van der Waals surface area contributed by atoms with Crippen LogP contribution in [0, 0.1) is 46.3 Å². The molecule has 0 spiro atoms. The van der Waals surface area contributed by atoms with E-state index in [9.17, 15) is 0 Å². The van der Waals surface area contributed by atoms with E-state index < -0.39 is 0 Å². The number of ether oxygens (including phenoxy) is 5. The maximum absolute atomic E-state index is 6.58. The van der Waals surface area contributed by atoms with E-state index in [4.69, 9.17) is 23.7 Å². The fourth-order valence-electron chi connectivity index (χ4n) is 13.2. The van der Waals surface area contributed by atoms with E-state index in [1.165, 1.54) is 122 Å². The van der Waals surface area contributed by atoms with Crippen LogP contribution in [-0.4, -0.2) is 103 Å². The van der Waals surface area contributed by atoms with Crippen LogP contribution in [0.2, 0.25) is 0 Å². The number of unbranched alkanes of at least 4 members (excludes halogenated alkanes) is 10. The molecule has 0 bridgehead atoms. The molecule has 3 saturated carbocycles. The predicted molar refractivity (Wildman–Crippen MR) is 280 cm³/mol. The molecule has 0 heterocycles. The molecule has 0 N–H and O–H groups in total. The average Bonchev–Trinajstić information content (AvgIpc) is 3.64. The van der Waals surface area contributed by atoms with Crippen LogP contribution in [0.4, 0.5) is 0 Å². The summed E-state index contributed by atoms with van der Waals surface area (Å²) in [6, 6.07) is 0. The van der Waals surface area contributed by atoms with Gasteiger partial charge in [0.15, 0.2) is 0 Å². The molecule has 7 nitrogen and oxygen atoms in total. The van der Waals surface area contributed by atoms with Crippen LogP contribution in [0.15, 0.2) is 36.0 Å². The van der Waals surface area contributed by atoms with Crippen molar-refractivity contribution in [2.24, 2.45) is 46.3 Å². The van der Waals surface area contributed by atoms with E-state index in [1.54, 1.807) is 5.57 Å². The van der Waals surface area contributed by atoms with Gasteiger partial charge in [0.2, 0.25) is 0 Å². The second-order valence-electron chi connectivity index (χ2n) is 23.3. The Morgan fingerprint density at radius 3 is 1.92 bits per heavy atom. The zero-order chi connectivity index (χ0) is 47.6. The Morgan fingerprint density at radius 1 is 0.652 bits per heavy atom.